The van der Waals surface area contributed by atoms with E-state index in [1.54, 1.807) is 0 Å². The fraction of sp³-hybridized carbons (Fsp3) is 1.00. The molecular weight excluding hydrogens is 85.0 g/mol. The quantitative estimate of drug-likeness (QED) is 0.434. The van der Waals surface area contributed by atoms with Crippen LogP contribution in [0.4, 0.5) is 0 Å². The van der Waals surface area contributed by atoms with Gasteiger partial charge < -0.3 is 4.52 Å². The molecule has 1 fully saturated rings. The zero-order valence-electron chi connectivity index (χ0n) is 2.77. The summed E-state index contributed by atoms with van der Waals surface area (Å²) in [6.07, 6.45) is 0. The summed E-state index contributed by atoms with van der Waals surface area (Å²) in [5.74, 6) is 0. The second-order valence-corrected chi connectivity index (χ2v) is 1.59. The Labute approximate surface area is 32.8 Å². The summed E-state index contributed by atoms with van der Waals surface area (Å²) < 4.78 is 4.81. The molecule has 1 heterocycles. The number of hydrogen-bond donors (Lipinski definition) is 1. The first kappa shape index (κ1) is 3.54. The van der Waals surface area contributed by atoms with Gasteiger partial charge in [-0.15, -0.1) is 0 Å². The van der Waals surface area contributed by atoms with Crippen molar-refractivity contribution >= 4 is 8.96 Å². The molecule has 3 heteroatoms. The highest BCUT2D eigenvalue weighted by molar-refractivity contribution is 7.30. The standard InChI is InChI=1S/C2H5NOP/c1-2-4-5-3-1/h3H,1-2H2. The zero-order valence-corrected chi connectivity index (χ0v) is 3.66. The third-order valence-corrected chi connectivity index (χ3v) is 1.10. The zero-order chi connectivity index (χ0) is 3.54. The van der Waals surface area contributed by atoms with Crippen molar-refractivity contribution in [2.45, 2.75) is 0 Å². The van der Waals surface area contributed by atoms with Crippen molar-refractivity contribution in [3.05, 3.63) is 0 Å². The molecule has 0 unspecified atom stereocenters. The van der Waals surface area contributed by atoms with E-state index in [0.717, 1.165) is 22.1 Å². The third kappa shape index (κ3) is 0.839. The van der Waals surface area contributed by atoms with Crippen LogP contribution < -0.4 is 5.09 Å². The van der Waals surface area contributed by atoms with E-state index in [1.165, 1.54) is 0 Å². The van der Waals surface area contributed by atoms with Crippen LogP contribution in [0.25, 0.3) is 0 Å². The Hall–Kier alpha value is 0.350. The van der Waals surface area contributed by atoms with Crippen LogP contribution >= 0.6 is 8.96 Å². The van der Waals surface area contributed by atoms with Gasteiger partial charge in [0, 0.05) is 6.54 Å². The number of nitrogens with one attached hydrogen (secondary N) is 1. The van der Waals surface area contributed by atoms with Crippen LogP contribution in [0, 0.1) is 0 Å². The highest BCUT2D eigenvalue weighted by Crippen LogP contribution is 2.08. The molecule has 1 N–H and O–H groups in total. The van der Waals surface area contributed by atoms with Crippen molar-refractivity contribution in [2.24, 2.45) is 0 Å². The Morgan fingerprint density at radius 3 is 3.00 bits per heavy atom. The predicted octanol–water partition coefficient (Wildman–Crippen LogP) is 0.382. The highest BCUT2D eigenvalue weighted by atomic mass is 31.1. The minimum Gasteiger partial charge on any atom is -0.336 e. The summed E-state index contributed by atoms with van der Waals surface area (Å²) in [5, 5.41) is 2.97. The molecule has 1 rings (SSSR count). The summed E-state index contributed by atoms with van der Waals surface area (Å²) in [5.41, 5.74) is 0. The van der Waals surface area contributed by atoms with Crippen LogP contribution in [0.3, 0.4) is 0 Å². The van der Waals surface area contributed by atoms with Crippen LogP contribution in [0.5, 0.6) is 0 Å². The molecule has 0 spiro atoms. The summed E-state index contributed by atoms with van der Waals surface area (Å²) in [6.45, 7) is 1.89. The van der Waals surface area contributed by atoms with Crippen molar-refractivity contribution < 1.29 is 4.52 Å². The van der Waals surface area contributed by atoms with E-state index in [9.17, 15) is 0 Å². The Morgan fingerprint density at radius 1 is 1.80 bits per heavy atom. The van der Waals surface area contributed by atoms with Gasteiger partial charge in [-0.1, -0.05) is 0 Å². The molecule has 0 aromatic rings. The molecule has 5 heavy (non-hydrogen) atoms. The number of rotatable bonds is 0. The van der Waals surface area contributed by atoms with Crippen molar-refractivity contribution in [1.82, 2.24) is 5.09 Å². The predicted molar refractivity (Wildman–Crippen MR) is 20.9 cm³/mol. The van der Waals surface area contributed by atoms with E-state index in [0.29, 0.717) is 0 Å². The number of hydrogen-bond acceptors (Lipinski definition) is 2. The average molecular weight is 90.0 g/mol. The molecule has 1 aliphatic rings. The van der Waals surface area contributed by atoms with Crippen molar-refractivity contribution in [1.29, 1.82) is 0 Å². The smallest absolute Gasteiger partial charge is 0.172 e. The molecule has 1 aliphatic heterocycles. The fourth-order valence-electron chi connectivity index (χ4n) is 0.228. The van der Waals surface area contributed by atoms with Gasteiger partial charge in [0.25, 0.3) is 0 Å². The minimum absolute atomic E-state index is 0.877. The first-order valence-electron chi connectivity index (χ1n) is 1.55. The molecule has 1 radical (unpaired) electrons. The largest absolute Gasteiger partial charge is 0.336 e. The Morgan fingerprint density at radius 2 is 2.80 bits per heavy atom. The normalized spacial score (nSPS) is 28.8. The Bertz CT molecular complexity index is 21.2. The molecule has 0 amide bonds. The lowest BCUT2D eigenvalue weighted by Gasteiger charge is -1.72. The maximum absolute atomic E-state index is 4.81. The Kier molecular flexibility index (Phi) is 1.21. The maximum Gasteiger partial charge on any atom is 0.172 e. The summed E-state index contributed by atoms with van der Waals surface area (Å²) in [7, 11) is 0.941. The maximum atomic E-state index is 4.81. The second kappa shape index (κ2) is 1.71. The van der Waals surface area contributed by atoms with Gasteiger partial charge in [-0.05, 0) is 0 Å². The summed E-state index contributed by atoms with van der Waals surface area (Å²) >= 11 is 0. The summed E-state index contributed by atoms with van der Waals surface area (Å²) in [4.78, 5) is 0. The van der Waals surface area contributed by atoms with Gasteiger partial charge in [-0.25, -0.2) is 0 Å². The molecule has 0 bridgehead atoms. The molecule has 0 aromatic carbocycles. The molecule has 0 atom stereocenters. The van der Waals surface area contributed by atoms with Crippen molar-refractivity contribution in [3.8, 4) is 0 Å². The lowest BCUT2D eigenvalue weighted by atomic mass is 10.8. The van der Waals surface area contributed by atoms with Crippen molar-refractivity contribution in [3.63, 3.8) is 0 Å². The molecule has 0 aromatic heterocycles. The average Bonchev–Trinajstić information content (AvgIpc) is 1.76. The van der Waals surface area contributed by atoms with E-state index >= 15 is 0 Å². The topological polar surface area (TPSA) is 21.3 Å². The van der Waals surface area contributed by atoms with Crippen LogP contribution in [-0.2, 0) is 4.52 Å². The van der Waals surface area contributed by atoms with E-state index in [1.807, 2.05) is 0 Å². The fourth-order valence-corrected chi connectivity index (χ4v) is 0.685. The minimum atomic E-state index is 0.877. The van der Waals surface area contributed by atoms with Crippen molar-refractivity contribution in [2.75, 3.05) is 13.2 Å². The molecule has 1 saturated heterocycles. The van der Waals surface area contributed by atoms with Gasteiger partial charge in [-0.3, -0.25) is 5.09 Å². The first-order valence-corrected chi connectivity index (χ1v) is 2.36. The molecule has 29 valence electrons. The van der Waals surface area contributed by atoms with E-state index in [-0.39, 0.29) is 0 Å². The highest BCUT2D eigenvalue weighted by Gasteiger charge is 1.95. The molecule has 0 saturated carbocycles. The SMILES string of the molecule is C1CO[P]N1. The van der Waals surface area contributed by atoms with E-state index in [4.69, 9.17) is 4.52 Å². The monoisotopic (exact) mass is 90.0 g/mol. The van der Waals surface area contributed by atoms with Crippen LogP contribution in [0.15, 0.2) is 0 Å². The van der Waals surface area contributed by atoms with E-state index < -0.39 is 0 Å². The second-order valence-electron chi connectivity index (χ2n) is 0.833. The van der Waals surface area contributed by atoms with Gasteiger partial charge >= 0.3 is 0 Å². The third-order valence-electron chi connectivity index (χ3n) is 0.434. The van der Waals surface area contributed by atoms with Crippen LogP contribution in [0.2, 0.25) is 0 Å². The Balaban J connectivity index is 2.08. The lowest BCUT2D eigenvalue weighted by molar-refractivity contribution is 0.407. The van der Waals surface area contributed by atoms with Gasteiger partial charge in [0.2, 0.25) is 0 Å². The molecular formula is C2H5NOP. The van der Waals surface area contributed by atoms with Gasteiger partial charge in [0.15, 0.2) is 8.96 Å². The summed E-state index contributed by atoms with van der Waals surface area (Å²) in [6, 6.07) is 0. The van der Waals surface area contributed by atoms with Gasteiger partial charge in [0.05, 0.1) is 6.61 Å². The molecule has 2 nitrogen and oxygen atoms in total. The molecule has 0 aliphatic carbocycles. The van der Waals surface area contributed by atoms with Crippen LogP contribution in [0.1, 0.15) is 0 Å². The lowest BCUT2D eigenvalue weighted by Crippen LogP contribution is -1.95. The van der Waals surface area contributed by atoms with Crippen LogP contribution in [-0.4, -0.2) is 13.2 Å². The first-order chi connectivity index (χ1) is 2.50. The van der Waals surface area contributed by atoms with Gasteiger partial charge in [0.1, 0.15) is 0 Å². The van der Waals surface area contributed by atoms with Gasteiger partial charge in [-0.2, -0.15) is 0 Å². The van der Waals surface area contributed by atoms with E-state index in [2.05, 4.69) is 5.09 Å².